The molecular formula is C13H18BrN3O2. The second kappa shape index (κ2) is 6.45. The van der Waals surface area contributed by atoms with Crippen LogP contribution in [0.15, 0.2) is 22.7 Å². The van der Waals surface area contributed by atoms with E-state index in [4.69, 9.17) is 0 Å². The van der Waals surface area contributed by atoms with Gasteiger partial charge in [0.25, 0.3) is 5.69 Å². The van der Waals surface area contributed by atoms with Crippen LogP contribution in [-0.2, 0) is 6.54 Å². The van der Waals surface area contributed by atoms with Gasteiger partial charge in [-0.25, -0.2) is 0 Å². The van der Waals surface area contributed by atoms with Crippen molar-refractivity contribution in [2.45, 2.75) is 25.9 Å². The van der Waals surface area contributed by atoms with Crippen LogP contribution in [0.2, 0.25) is 0 Å². The number of rotatable bonds is 6. The molecule has 1 saturated heterocycles. The van der Waals surface area contributed by atoms with E-state index in [9.17, 15) is 10.1 Å². The standard InChI is InChI=1S/C13H18BrN3O2/c1-2-6-16(11-7-15-8-11)9-10-4-3-5-12(13(10)14)17(18)19/h3-5,11,15H,2,6-9H2,1H3. The molecule has 0 aliphatic carbocycles. The molecule has 1 aliphatic rings. The second-order valence-electron chi connectivity index (χ2n) is 4.79. The average molecular weight is 328 g/mol. The first-order chi connectivity index (χ1) is 9.13. The van der Waals surface area contributed by atoms with Crippen molar-refractivity contribution < 1.29 is 4.92 Å². The fourth-order valence-electron chi connectivity index (χ4n) is 2.26. The Morgan fingerprint density at radius 2 is 2.26 bits per heavy atom. The molecule has 1 aromatic carbocycles. The van der Waals surface area contributed by atoms with E-state index in [0.717, 1.165) is 38.2 Å². The number of nitro groups is 1. The third kappa shape index (κ3) is 3.32. The van der Waals surface area contributed by atoms with Crippen LogP contribution in [0.4, 0.5) is 5.69 Å². The summed E-state index contributed by atoms with van der Waals surface area (Å²) in [5, 5.41) is 14.2. The van der Waals surface area contributed by atoms with Gasteiger partial charge < -0.3 is 5.32 Å². The topological polar surface area (TPSA) is 58.4 Å². The predicted octanol–water partition coefficient (Wildman–Crippen LogP) is 2.54. The van der Waals surface area contributed by atoms with Crippen LogP contribution in [0.5, 0.6) is 0 Å². The first-order valence-electron chi connectivity index (χ1n) is 6.50. The minimum atomic E-state index is -0.345. The average Bonchev–Trinajstić information content (AvgIpc) is 2.29. The molecule has 0 aromatic heterocycles. The quantitative estimate of drug-likeness (QED) is 0.644. The maximum atomic E-state index is 10.9. The zero-order valence-corrected chi connectivity index (χ0v) is 12.5. The molecule has 19 heavy (non-hydrogen) atoms. The first-order valence-corrected chi connectivity index (χ1v) is 7.29. The summed E-state index contributed by atoms with van der Waals surface area (Å²) in [6, 6.07) is 5.78. The molecule has 6 heteroatoms. The molecule has 0 unspecified atom stereocenters. The number of benzene rings is 1. The van der Waals surface area contributed by atoms with Gasteiger partial charge in [-0.1, -0.05) is 19.1 Å². The lowest BCUT2D eigenvalue weighted by molar-refractivity contribution is -0.385. The smallest absolute Gasteiger partial charge is 0.283 e. The Morgan fingerprint density at radius 3 is 2.79 bits per heavy atom. The van der Waals surface area contributed by atoms with E-state index >= 15 is 0 Å². The molecule has 1 N–H and O–H groups in total. The Balaban J connectivity index is 2.16. The number of nitrogens with one attached hydrogen (secondary N) is 1. The second-order valence-corrected chi connectivity index (χ2v) is 5.58. The third-order valence-corrected chi connectivity index (χ3v) is 4.33. The fraction of sp³-hybridized carbons (Fsp3) is 0.538. The molecule has 1 aromatic rings. The molecule has 0 amide bonds. The molecular weight excluding hydrogens is 310 g/mol. The monoisotopic (exact) mass is 327 g/mol. The van der Waals surface area contributed by atoms with Gasteiger partial charge in [0.2, 0.25) is 0 Å². The molecule has 0 saturated carbocycles. The molecule has 0 atom stereocenters. The predicted molar refractivity (Wildman–Crippen MR) is 78.2 cm³/mol. The number of nitro benzene ring substituents is 1. The van der Waals surface area contributed by atoms with Crippen LogP contribution in [0.1, 0.15) is 18.9 Å². The van der Waals surface area contributed by atoms with Crippen molar-refractivity contribution in [1.82, 2.24) is 10.2 Å². The zero-order valence-electron chi connectivity index (χ0n) is 10.9. The Bertz CT molecular complexity index is 463. The highest BCUT2D eigenvalue weighted by molar-refractivity contribution is 9.10. The number of halogens is 1. The van der Waals surface area contributed by atoms with Crippen molar-refractivity contribution in [2.75, 3.05) is 19.6 Å². The zero-order chi connectivity index (χ0) is 13.8. The Hall–Kier alpha value is -0.980. The van der Waals surface area contributed by atoms with Gasteiger partial charge in [-0.2, -0.15) is 0 Å². The summed E-state index contributed by atoms with van der Waals surface area (Å²) in [4.78, 5) is 13.0. The summed E-state index contributed by atoms with van der Waals surface area (Å²) in [6.07, 6.45) is 1.09. The van der Waals surface area contributed by atoms with Crippen molar-refractivity contribution >= 4 is 21.6 Å². The largest absolute Gasteiger partial charge is 0.314 e. The number of hydrogen-bond acceptors (Lipinski definition) is 4. The number of hydrogen-bond donors (Lipinski definition) is 1. The van der Waals surface area contributed by atoms with Crippen LogP contribution >= 0.6 is 15.9 Å². The van der Waals surface area contributed by atoms with Crippen LogP contribution in [0, 0.1) is 10.1 Å². The lowest BCUT2D eigenvalue weighted by atomic mass is 10.1. The molecule has 104 valence electrons. The molecule has 0 spiro atoms. The van der Waals surface area contributed by atoms with Gasteiger partial charge in [0, 0.05) is 31.7 Å². The van der Waals surface area contributed by atoms with Gasteiger partial charge in [0.05, 0.1) is 9.40 Å². The van der Waals surface area contributed by atoms with Crippen molar-refractivity contribution in [3.05, 3.63) is 38.3 Å². The Labute approximate surface area is 121 Å². The fourth-order valence-corrected chi connectivity index (χ4v) is 2.79. The summed E-state index contributed by atoms with van der Waals surface area (Å²) in [5.74, 6) is 0. The summed E-state index contributed by atoms with van der Waals surface area (Å²) in [5.41, 5.74) is 1.12. The minimum Gasteiger partial charge on any atom is -0.314 e. The highest BCUT2D eigenvalue weighted by Gasteiger charge is 2.25. The van der Waals surface area contributed by atoms with Crippen molar-refractivity contribution in [3.63, 3.8) is 0 Å². The van der Waals surface area contributed by atoms with Crippen LogP contribution in [-0.4, -0.2) is 35.5 Å². The highest BCUT2D eigenvalue weighted by Crippen LogP contribution is 2.29. The minimum absolute atomic E-state index is 0.140. The normalized spacial score (nSPS) is 15.5. The Kier molecular flexibility index (Phi) is 4.90. The lowest BCUT2D eigenvalue weighted by Gasteiger charge is -2.38. The van der Waals surface area contributed by atoms with Gasteiger partial charge in [-0.05, 0) is 34.5 Å². The Morgan fingerprint density at radius 1 is 1.53 bits per heavy atom. The van der Waals surface area contributed by atoms with Crippen LogP contribution < -0.4 is 5.32 Å². The molecule has 5 nitrogen and oxygen atoms in total. The van der Waals surface area contributed by atoms with E-state index in [1.807, 2.05) is 6.07 Å². The van der Waals surface area contributed by atoms with E-state index < -0.39 is 0 Å². The summed E-state index contributed by atoms with van der Waals surface area (Å²) >= 11 is 3.37. The van der Waals surface area contributed by atoms with Crippen LogP contribution in [0.25, 0.3) is 0 Å². The molecule has 1 aliphatic heterocycles. The lowest BCUT2D eigenvalue weighted by Crippen LogP contribution is -2.57. The van der Waals surface area contributed by atoms with Crippen molar-refractivity contribution in [1.29, 1.82) is 0 Å². The SMILES string of the molecule is CCCN(Cc1cccc([N+](=O)[O-])c1Br)C1CNC1. The molecule has 0 radical (unpaired) electrons. The van der Waals surface area contributed by atoms with Gasteiger partial charge in [0.1, 0.15) is 0 Å². The summed E-state index contributed by atoms with van der Waals surface area (Å²) in [6.45, 7) is 5.94. The van der Waals surface area contributed by atoms with Crippen molar-refractivity contribution in [2.24, 2.45) is 0 Å². The van der Waals surface area contributed by atoms with Crippen molar-refractivity contribution in [3.8, 4) is 0 Å². The number of nitrogens with zero attached hydrogens (tertiary/aromatic N) is 2. The highest BCUT2D eigenvalue weighted by atomic mass is 79.9. The molecule has 1 fully saturated rings. The van der Waals surface area contributed by atoms with E-state index in [0.29, 0.717) is 10.5 Å². The maximum absolute atomic E-state index is 10.9. The third-order valence-electron chi connectivity index (χ3n) is 3.42. The van der Waals surface area contributed by atoms with Gasteiger partial charge >= 0.3 is 0 Å². The van der Waals surface area contributed by atoms with E-state index in [1.165, 1.54) is 6.07 Å². The van der Waals surface area contributed by atoms with Gasteiger partial charge in [-0.15, -0.1) is 0 Å². The van der Waals surface area contributed by atoms with E-state index in [-0.39, 0.29) is 10.6 Å². The first kappa shape index (κ1) is 14.4. The van der Waals surface area contributed by atoms with E-state index in [1.54, 1.807) is 6.07 Å². The molecule has 1 heterocycles. The van der Waals surface area contributed by atoms with Gasteiger partial charge in [-0.3, -0.25) is 15.0 Å². The molecule has 2 rings (SSSR count). The molecule has 0 bridgehead atoms. The van der Waals surface area contributed by atoms with Gasteiger partial charge in [0.15, 0.2) is 0 Å². The van der Waals surface area contributed by atoms with Crippen LogP contribution in [0.3, 0.4) is 0 Å². The summed E-state index contributed by atoms with van der Waals surface area (Å²) < 4.78 is 0.605. The summed E-state index contributed by atoms with van der Waals surface area (Å²) in [7, 11) is 0. The van der Waals surface area contributed by atoms with E-state index in [2.05, 4.69) is 33.1 Å². The maximum Gasteiger partial charge on any atom is 0.283 e.